The van der Waals surface area contributed by atoms with Crippen LogP contribution in [0.5, 0.6) is 0 Å². The number of rotatable bonds is 3. The lowest BCUT2D eigenvalue weighted by molar-refractivity contribution is 0.102. The number of primary sulfonamides is 1. The van der Waals surface area contributed by atoms with E-state index in [4.69, 9.17) is 10.9 Å². The number of aryl methyl sites for hydroxylation is 1. The molecule has 1 aromatic heterocycles. The first kappa shape index (κ1) is 14.0. The molecule has 0 aliphatic rings. The molecule has 1 heterocycles. The van der Waals surface area contributed by atoms with E-state index < -0.39 is 15.9 Å². The van der Waals surface area contributed by atoms with E-state index in [-0.39, 0.29) is 16.3 Å². The summed E-state index contributed by atoms with van der Waals surface area (Å²) in [6.45, 7) is 0. The molecule has 0 saturated carbocycles. The van der Waals surface area contributed by atoms with Crippen LogP contribution in [-0.4, -0.2) is 24.1 Å². The maximum Gasteiger partial charge on any atom is 0.261 e. The molecule has 106 valence electrons. The summed E-state index contributed by atoms with van der Waals surface area (Å²) in [4.78, 5) is 11.9. The maximum atomic E-state index is 11.9. The van der Waals surface area contributed by atoms with Crippen molar-refractivity contribution in [3.63, 3.8) is 0 Å². The highest BCUT2D eigenvalue weighted by Gasteiger charge is 2.14. The molecule has 1 aromatic carbocycles. The first-order valence-corrected chi connectivity index (χ1v) is 7.05. The van der Waals surface area contributed by atoms with Gasteiger partial charge < -0.3 is 11.1 Å². The molecular formula is C11H13N5O3S. The van der Waals surface area contributed by atoms with Crippen LogP contribution in [0.2, 0.25) is 0 Å². The maximum absolute atomic E-state index is 11.9. The number of sulfonamides is 1. The third kappa shape index (κ3) is 2.78. The van der Waals surface area contributed by atoms with Crippen LogP contribution < -0.4 is 16.2 Å². The van der Waals surface area contributed by atoms with E-state index in [0.29, 0.717) is 5.69 Å². The predicted molar refractivity (Wildman–Crippen MR) is 73.4 cm³/mol. The number of anilines is 2. The molecule has 5 N–H and O–H groups in total. The molecule has 0 fully saturated rings. The van der Waals surface area contributed by atoms with Gasteiger partial charge in [0.2, 0.25) is 10.0 Å². The third-order valence-corrected chi connectivity index (χ3v) is 3.60. The predicted octanol–water partition coefficient (Wildman–Crippen LogP) is -0.0980. The van der Waals surface area contributed by atoms with Gasteiger partial charge in [-0.05, 0) is 24.3 Å². The molecule has 0 saturated heterocycles. The van der Waals surface area contributed by atoms with Gasteiger partial charge in [0.1, 0.15) is 11.4 Å². The van der Waals surface area contributed by atoms with Crippen LogP contribution in [-0.2, 0) is 17.1 Å². The van der Waals surface area contributed by atoms with Crippen molar-refractivity contribution in [2.24, 2.45) is 12.2 Å². The molecule has 9 heteroatoms. The van der Waals surface area contributed by atoms with Crippen LogP contribution in [0.4, 0.5) is 11.5 Å². The Kier molecular flexibility index (Phi) is 3.47. The molecule has 0 spiro atoms. The summed E-state index contributed by atoms with van der Waals surface area (Å²) in [6.07, 6.45) is 1.35. The van der Waals surface area contributed by atoms with E-state index in [1.807, 2.05) is 0 Å². The van der Waals surface area contributed by atoms with E-state index in [2.05, 4.69) is 10.4 Å². The Morgan fingerprint density at radius 2 is 1.90 bits per heavy atom. The van der Waals surface area contributed by atoms with Gasteiger partial charge in [0.15, 0.2) is 0 Å². The number of aromatic nitrogens is 2. The highest BCUT2D eigenvalue weighted by Crippen LogP contribution is 2.15. The smallest absolute Gasteiger partial charge is 0.261 e. The van der Waals surface area contributed by atoms with Crippen LogP contribution in [0.3, 0.4) is 0 Å². The van der Waals surface area contributed by atoms with Gasteiger partial charge in [-0.15, -0.1) is 0 Å². The number of hydrogen-bond acceptors (Lipinski definition) is 5. The average molecular weight is 295 g/mol. The molecule has 0 aliphatic carbocycles. The van der Waals surface area contributed by atoms with E-state index >= 15 is 0 Å². The summed E-state index contributed by atoms with van der Waals surface area (Å²) < 4.78 is 23.6. The van der Waals surface area contributed by atoms with Gasteiger partial charge in [0, 0.05) is 12.7 Å². The molecule has 20 heavy (non-hydrogen) atoms. The summed E-state index contributed by atoms with van der Waals surface area (Å²) in [5, 5.41) is 11.4. The molecular weight excluding hydrogens is 282 g/mol. The normalized spacial score (nSPS) is 11.3. The van der Waals surface area contributed by atoms with Crippen LogP contribution in [0.1, 0.15) is 10.4 Å². The van der Waals surface area contributed by atoms with Crippen molar-refractivity contribution in [3.05, 3.63) is 36.0 Å². The van der Waals surface area contributed by atoms with Crippen molar-refractivity contribution in [1.29, 1.82) is 0 Å². The second-order valence-electron chi connectivity index (χ2n) is 4.09. The van der Waals surface area contributed by atoms with Crippen LogP contribution in [0.25, 0.3) is 0 Å². The molecule has 2 aromatic rings. The molecule has 0 atom stereocenters. The van der Waals surface area contributed by atoms with E-state index in [0.717, 1.165) is 0 Å². The molecule has 2 rings (SSSR count). The van der Waals surface area contributed by atoms with Crippen molar-refractivity contribution >= 4 is 27.4 Å². The number of nitrogens with one attached hydrogen (secondary N) is 1. The van der Waals surface area contributed by atoms with Crippen molar-refractivity contribution in [3.8, 4) is 0 Å². The monoisotopic (exact) mass is 295 g/mol. The number of nitrogens with two attached hydrogens (primary N) is 2. The minimum absolute atomic E-state index is 0.0311. The fourth-order valence-corrected chi connectivity index (χ4v) is 2.06. The largest absolute Gasteiger partial charge is 0.383 e. The Labute approximate surface area is 115 Å². The number of nitrogens with zero attached hydrogens (tertiary/aromatic N) is 2. The SMILES string of the molecule is Cn1ncc(C(=O)Nc2ccc(S(N)(=O)=O)cc2)c1N. The fourth-order valence-electron chi connectivity index (χ4n) is 1.55. The van der Waals surface area contributed by atoms with E-state index in [1.54, 1.807) is 7.05 Å². The molecule has 0 unspecified atom stereocenters. The number of amides is 1. The lowest BCUT2D eigenvalue weighted by Gasteiger charge is -2.05. The first-order valence-electron chi connectivity index (χ1n) is 5.51. The summed E-state index contributed by atoms with van der Waals surface area (Å²) >= 11 is 0. The Balaban J connectivity index is 2.19. The highest BCUT2D eigenvalue weighted by atomic mass is 32.2. The van der Waals surface area contributed by atoms with Gasteiger partial charge in [-0.25, -0.2) is 13.6 Å². The highest BCUT2D eigenvalue weighted by molar-refractivity contribution is 7.89. The Bertz CT molecular complexity index is 749. The molecule has 0 radical (unpaired) electrons. The zero-order chi connectivity index (χ0) is 14.9. The minimum Gasteiger partial charge on any atom is -0.383 e. The van der Waals surface area contributed by atoms with Crippen molar-refractivity contribution in [2.45, 2.75) is 4.90 Å². The van der Waals surface area contributed by atoms with Gasteiger partial charge in [-0.2, -0.15) is 5.10 Å². The number of carbonyl (C=O) groups is 1. The minimum atomic E-state index is -3.75. The quantitative estimate of drug-likeness (QED) is 0.727. The van der Waals surface area contributed by atoms with E-state index in [1.165, 1.54) is 35.1 Å². The summed E-state index contributed by atoms with van der Waals surface area (Å²) in [7, 11) is -2.13. The lowest BCUT2D eigenvalue weighted by Crippen LogP contribution is -2.14. The fraction of sp³-hybridized carbons (Fsp3) is 0.0909. The van der Waals surface area contributed by atoms with Crippen LogP contribution in [0.15, 0.2) is 35.4 Å². The summed E-state index contributed by atoms with van der Waals surface area (Å²) in [5.41, 5.74) is 6.34. The van der Waals surface area contributed by atoms with Gasteiger partial charge in [-0.3, -0.25) is 9.48 Å². The van der Waals surface area contributed by atoms with Crippen molar-refractivity contribution in [1.82, 2.24) is 9.78 Å². The number of hydrogen-bond donors (Lipinski definition) is 3. The van der Waals surface area contributed by atoms with E-state index in [9.17, 15) is 13.2 Å². The van der Waals surface area contributed by atoms with Gasteiger partial charge in [0.05, 0.1) is 11.1 Å². The topological polar surface area (TPSA) is 133 Å². The number of carbonyl (C=O) groups excluding carboxylic acids is 1. The Hall–Kier alpha value is -2.39. The summed E-state index contributed by atoms with van der Waals surface area (Å²) in [5.74, 6) is -0.192. The standard InChI is InChI=1S/C11H13N5O3S/c1-16-10(12)9(6-14-16)11(17)15-7-2-4-8(5-3-7)20(13,18)19/h2-6H,12H2,1H3,(H,15,17)(H2,13,18,19). The zero-order valence-electron chi connectivity index (χ0n) is 10.6. The van der Waals surface area contributed by atoms with Crippen molar-refractivity contribution < 1.29 is 13.2 Å². The second-order valence-corrected chi connectivity index (χ2v) is 5.65. The Morgan fingerprint density at radius 3 is 2.35 bits per heavy atom. The molecule has 1 amide bonds. The van der Waals surface area contributed by atoms with Gasteiger partial charge in [0.25, 0.3) is 5.91 Å². The zero-order valence-corrected chi connectivity index (χ0v) is 11.4. The number of benzene rings is 1. The molecule has 8 nitrogen and oxygen atoms in total. The summed E-state index contributed by atoms with van der Waals surface area (Å²) in [6, 6.07) is 5.48. The second kappa shape index (κ2) is 4.94. The number of nitrogen functional groups attached to an aromatic ring is 1. The van der Waals surface area contributed by atoms with Gasteiger partial charge >= 0.3 is 0 Å². The third-order valence-electron chi connectivity index (χ3n) is 2.67. The molecule has 0 aliphatic heterocycles. The average Bonchev–Trinajstić information content (AvgIpc) is 2.69. The van der Waals surface area contributed by atoms with Crippen molar-refractivity contribution in [2.75, 3.05) is 11.1 Å². The van der Waals surface area contributed by atoms with Crippen LogP contribution >= 0.6 is 0 Å². The molecule has 0 bridgehead atoms. The van der Waals surface area contributed by atoms with Crippen LogP contribution in [0, 0.1) is 0 Å². The van der Waals surface area contributed by atoms with Gasteiger partial charge in [-0.1, -0.05) is 0 Å². The first-order chi connectivity index (χ1) is 9.29. The lowest BCUT2D eigenvalue weighted by atomic mass is 10.2. The Morgan fingerprint density at radius 1 is 1.30 bits per heavy atom.